The Morgan fingerprint density at radius 3 is 2.53 bits per heavy atom. The van der Waals surface area contributed by atoms with Gasteiger partial charge in [-0.3, -0.25) is 4.79 Å². The summed E-state index contributed by atoms with van der Waals surface area (Å²) in [4.78, 5) is 14.4. The number of ether oxygens (including phenoxy) is 1. The lowest BCUT2D eigenvalue weighted by molar-refractivity contribution is -0.171. The van der Waals surface area contributed by atoms with Gasteiger partial charge in [0.15, 0.2) is 9.84 Å². The minimum atomic E-state index is -2.89. The quantitative estimate of drug-likeness (QED) is 0.702. The normalized spacial score (nSPS) is 36.2. The molecule has 0 aliphatic carbocycles. The van der Waals surface area contributed by atoms with E-state index in [1.54, 1.807) is 0 Å². The number of likely N-dealkylation sites (tertiary alicyclic amines) is 1. The van der Waals surface area contributed by atoms with E-state index in [4.69, 9.17) is 4.74 Å². The highest BCUT2D eigenvalue weighted by atomic mass is 32.2. The van der Waals surface area contributed by atoms with E-state index in [0.717, 1.165) is 19.4 Å². The van der Waals surface area contributed by atoms with Crippen LogP contribution in [0.1, 0.15) is 26.2 Å². The van der Waals surface area contributed by atoms with Crippen LogP contribution in [0.15, 0.2) is 0 Å². The first-order valence-corrected chi connectivity index (χ1v) is 8.74. The summed E-state index contributed by atoms with van der Waals surface area (Å²) in [5.74, 6) is 0.689. The first-order chi connectivity index (χ1) is 8.84. The second-order valence-corrected chi connectivity index (χ2v) is 8.91. The minimum absolute atomic E-state index is 0.141. The molecule has 0 bridgehead atoms. The molecule has 1 spiro atoms. The average Bonchev–Trinajstić information content (AvgIpc) is 2.60. The summed E-state index contributed by atoms with van der Waals surface area (Å²) in [6.07, 6.45) is 2.56. The Hall–Kier alpha value is -0.620. The molecule has 1 amide bonds. The van der Waals surface area contributed by atoms with E-state index in [1.165, 1.54) is 0 Å². The number of rotatable bonds is 1. The van der Waals surface area contributed by atoms with E-state index in [0.29, 0.717) is 26.2 Å². The zero-order valence-electron chi connectivity index (χ0n) is 11.4. The van der Waals surface area contributed by atoms with Crippen molar-refractivity contribution in [3.05, 3.63) is 0 Å². The molecule has 0 saturated carbocycles. The molecule has 6 heteroatoms. The Bertz CT molecular complexity index is 497. The van der Waals surface area contributed by atoms with Gasteiger partial charge in [-0.15, -0.1) is 0 Å². The summed E-state index contributed by atoms with van der Waals surface area (Å²) in [5.41, 5.74) is -0.552. The fourth-order valence-electron chi connectivity index (χ4n) is 3.60. The van der Waals surface area contributed by atoms with E-state index in [2.05, 4.69) is 0 Å². The van der Waals surface area contributed by atoms with E-state index in [9.17, 15) is 13.2 Å². The molecule has 0 aromatic rings. The van der Waals surface area contributed by atoms with Crippen molar-refractivity contribution in [1.82, 2.24) is 4.90 Å². The monoisotopic (exact) mass is 287 g/mol. The maximum atomic E-state index is 12.5. The van der Waals surface area contributed by atoms with Crippen molar-refractivity contribution in [3.8, 4) is 0 Å². The molecule has 5 nitrogen and oxygen atoms in total. The molecule has 1 unspecified atom stereocenters. The predicted molar refractivity (Wildman–Crippen MR) is 70.4 cm³/mol. The smallest absolute Gasteiger partial charge is 0.233 e. The van der Waals surface area contributed by atoms with Crippen LogP contribution in [0.2, 0.25) is 0 Å². The minimum Gasteiger partial charge on any atom is -0.379 e. The number of piperidine rings is 1. The van der Waals surface area contributed by atoms with Crippen LogP contribution in [-0.2, 0) is 19.4 Å². The fraction of sp³-hybridized carbons (Fsp3) is 0.923. The maximum Gasteiger partial charge on any atom is 0.233 e. The summed E-state index contributed by atoms with van der Waals surface area (Å²) >= 11 is 0. The zero-order chi connectivity index (χ0) is 13.7. The molecule has 3 fully saturated rings. The molecule has 3 aliphatic rings. The van der Waals surface area contributed by atoms with Crippen molar-refractivity contribution in [2.24, 2.45) is 10.8 Å². The first-order valence-electron chi connectivity index (χ1n) is 6.92. The topological polar surface area (TPSA) is 63.7 Å². The summed E-state index contributed by atoms with van der Waals surface area (Å²) in [6, 6.07) is 0. The standard InChI is InChI=1S/C13H21NO4S/c1-12(8-18-9-12)11(15)14-5-2-3-13(7-14)4-6-19(16,17)10-13/h2-10H2,1H3. The van der Waals surface area contributed by atoms with Gasteiger partial charge in [-0.05, 0) is 26.2 Å². The lowest BCUT2D eigenvalue weighted by Gasteiger charge is -2.45. The van der Waals surface area contributed by atoms with Gasteiger partial charge in [-0.25, -0.2) is 8.42 Å². The molecule has 108 valence electrons. The molecular formula is C13H21NO4S. The van der Waals surface area contributed by atoms with Crippen LogP contribution in [0.4, 0.5) is 0 Å². The molecular weight excluding hydrogens is 266 g/mol. The Balaban J connectivity index is 1.74. The van der Waals surface area contributed by atoms with Gasteiger partial charge in [0.05, 0.1) is 30.1 Å². The first kappa shape index (κ1) is 13.4. The van der Waals surface area contributed by atoms with Crippen LogP contribution in [0, 0.1) is 10.8 Å². The lowest BCUT2D eigenvalue weighted by atomic mass is 9.78. The Morgan fingerprint density at radius 1 is 1.26 bits per heavy atom. The molecule has 19 heavy (non-hydrogen) atoms. The zero-order valence-corrected chi connectivity index (χ0v) is 12.2. The van der Waals surface area contributed by atoms with Crippen LogP contribution in [0.5, 0.6) is 0 Å². The molecule has 1 atom stereocenters. The van der Waals surface area contributed by atoms with Gasteiger partial charge in [0, 0.05) is 18.5 Å². The number of nitrogens with zero attached hydrogens (tertiary/aromatic N) is 1. The third-order valence-corrected chi connectivity index (χ3v) is 6.65. The van der Waals surface area contributed by atoms with Gasteiger partial charge >= 0.3 is 0 Å². The van der Waals surface area contributed by atoms with Gasteiger partial charge in [-0.1, -0.05) is 0 Å². The summed E-state index contributed by atoms with van der Waals surface area (Å²) in [6.45, 7) is 4.30. The Kier molecular flexibility index (Phi) is 2.94. The molecule has 3 heterocycles. The van der Waals surface area contributed by atoms with Crippen LogP contribution >= 0.6 is 0 Å². The molecule has 3 rings (SSSR count). The molecule has 0 aromatic carbocycles. The summed E-state index contributed by atoms with van der Waals surface area (Å²) in [5, 5.41) is 0. The lowest BCUT2D eigenvalue weighted by Crippen LogP contribution is -2.57. The fourth-order valence-corrected chi connectivity index (χ4v) is 5.80. The number of sulfone groups is 1. The van der Waals surface area contributed by atoms with Crippen molar-refractivity contribution in [2.75, 3.05) is 37.8 Å². The third-order valence-electron chi connectivity index (χ3n) is 4.78. The highest BCUT2D eigenvalue weighted by molar-refractivity contribution is 7.91. The summed E-state index contributed by atoms with van der Waals surface area (Å²) in [7, 11) is -2.89. The van der Waals surface area contributed by atoms with Crippen LogP contribution < -0.4 is 0 Å². The van der Waals surface area contributed by atoms with Gasteiger partial charge in [0.25, 0.3) is 0 Å². The molecule has 3 aliphatic heterocycles. The van der Waals surface area contributed by atoms with E-state index in [-0.39, 0.29) is 28.2 Å². The number of carbonyl (C=O) groups excluding carboxylic acids is 1. The van der Waals surface area contributed by atoms with Crippen molar-refractivity contribution >= 4 is 15.7 Å². The van der Waals surface area contributed by atoms with Gasteiger partial charge in [0.1, 0.15) is 0 Å². The van der Waals surface area contributed by atoms with E-state index >= 15 is 0 Å². The number of amides is 1. The number of hydrogen-bond acceptors (Lipinski definition) is 4. The van der Waals surface area contributed by atoms with E-state index in [1.807, 2.05) is 11.8 Å². The highest BCUT2D eigenvalue weighted by Gasteiger charge is 2.49. The summed E-state index contributed by atoms with van der Waals surface area (Å²) < 4.78 is 28.6. The van der Waals surface area contributed by atoms with E-state index < -0.39 is 9.84 Å². The molecule has 0 N–H and O–H groups in total. The molecule has 0 radical (unpaired) electrons. The van der Waals surface area contributed by atoms with Gasteiger partial charge < -0.3 is 9.64 Å². The molecule has 3 saturated heterocycles. The number of hydrogen-bond donors (Lipinski definition) is 0. The van der Waals surface area contributed by atoms with Crippen LogP contribution in [0.3, 0.4) is 0 Å². The second kappa shape index (κ2) is 4.19. The highest BCUT2D eigenvalue weighted by Crippen LogP contribution is 2.41. The van der Waals surface area contributed by atoms with Crippen molar-refractivity contribution in [3.63, 3.8) is 0 Å². The van der Waals surface area contributed by atoms with Crippen molar-refractivity contribution in [2.45, 2.75) is 26.2 Å². The van der Waals surface area contributed by atoms with Crippen molar-refractivity contribution < 1.29 is 17.9 Å². The van der Waals surface area contributed by atoms with Crippen LogP contribution in [-0.4, -0.2) is 57.0 Å². The van der Waals surface area contributed by atoms with Gasteiger partial charge in [0.2, 0.25) is 5.91 Å². The second-order valence-electron chi connectivity index (χ2n) is 6.73. The van der Waals surface area contributed by atoms with Crippen molar-refractivity contribution in [1.29, 1.82) is 0 Å². The Morgan fingerprint density at radius 2 is 2.00 bits per heavy atom. The van der Waals surface area contributed by atoms with Gasteiger partial charge in [-0.2, -0.15) is 0 Å². The predicted octanol–water partition coefficient (Wildman–Crippen LogP) is 0.450. The van der Waals surface area contributed by atoms with Crippen LogP contribution in [0.25, 0.3) is 0 Å². The largest absolute Gasteiger partial charge is 0.379 e. The number of carbonyl (C=O) groups is 1. The third kappa shape index (κ3) is 2.29. The maximum absolute atomic E-state index is 12.5. The SMILES string of the molecule is CC1(C(=O)N2CCCC3(CCS(=O)(=O)C3)C2)COC1. The molecule has 0 aromatic heterocycles. The Labute approximate surface area is 114 Å². The average molecular weight is 287 g/mol.